The summed E-state index contributed by atoms with van der Waals surface area (Å²) in [4.78, 5) is 0. The Hall–Kier alpha value is -0.210. The lowest BCUT2D eigenvalue weighted by atomic mass is 9.81. The van der Waals surface area contributed by atoms with Crippen molar-refractivity contribution in [3.8, 4) is 0 Å². The van der Waals surface area contributed by atoms with E-state index in [9.17, 15) is 8.42 Å². The molecular weight excluding hydrogens is 242 g/mol. The largest absolute Gasteiger partial charge is 0.379 e. The maximum atomic E-state index is 12.2. The van der Waals surface area contributed by atoms with Gasteiger partial charge in [-0.1, -0.05) is 0 Å². The predicted molar refractivity (Wildman–Crippen MR) is 64.6 cm³/mol. The summed E-state index contributed by atoms with van der Waals surface area (Å²) in [7, 11) is -1.66. The van der Waals surface area contributed by atoms with Gasteiger partial charge in [0.25, 0.3) is 10.2 Å². The van der Waals surface area contributed by atoms with Gasteiger partial charge in [0.15, 0.2) is 0 Å². The second-order valence-corrected chi connectivity index (χ2v) is 6.93. The van der Waals surface area contributed by atoms with E-state index in [0.717, 1.165) is 12.8 Å². The Morgan fingerprint density at radius 2 is 1.94 bits per heavy atom. The average molecular weight is 263 g/mol. The second kappa shape index (κ2) is 5.19. The lowest BCUT2D eigenvalue weighted by Crippen LogP contribution is -2.50. The molecule has 1 saturated carbocycles. The summed E-state index contributed by atoms with van der Waals surface area (Å²) in [5.74, 6) is 0.422. The molecule has 0 spiro atoms. The van der Waals surface area contributed by atoms with Crippen LogP contribution in [0, 0.1) is 5.92 Å². The van der Waals surface area contributed by atoms with Gasteiger partial charge in [-0.05, 0) is 18.8 Å². The molecule has 6 nitrogen and oxygen atoms in total. The Morgan fingerprint density at radius 1 is 1.35 bits per heavy atom. The lowest BCUT2D eigenvalue weighted by molar-refractivity contribution is 0.0699. The first-order valence-corrected chi connectivity index (χ1v) is 7.44. The van der Waals surface area contributed by atoms with Crippen molar-refractivity contribution in [2.24, 2.45) is 11.7 Å². The summed E-state index contributed by atoms with van der Waals surface area (Å²) in [5, 5.41) is 0. The summed E-state index contributed by atoms with van der Waals surface area (Å²) in [6.45, 7) is 2.46. The highest BCUT2D eigenvalue weighted by atomic mass is 32.2. The fourth-order valence-electron chi connectivity index (χ4n) is 2.37. The Morgan fingerprint density at radius 3 is 2.47 bits per heavy atom. The van der Waals surface area contributed by atoms with Crippen LogP contribution in [-0.4, -0.2) is 63.0 Å². The third-order valence-corrected chi connectivity index (χ3v) is 5.43. The van der Waals surface area contributed by atoms with E-state index < -0.39 is 10.2 Å². The topological polar surface area (TPSA) is 75.9 Å². The molecule has 0 aromatic rings. The van der Waals surface area contributed by atoms with Crippen molar-refractivity contribution in [1.29, 1.82) is 0 Å². The minimum atomic E-state index is -3.30. The van der Waals surface area contributed by atoms with Gasteiger partial charge in [-0.2, -0.15) is 17.0 Å². The molecule has 0 aromatic heterocycles. The minimum Gasteiger partial charge on any atom is -0.379 e. The van der Waals surface area contributed by atoms with Gasteiger partial charge in [0.1, 0.15) is 0 Å². The van der Waals surface area contributed by atoms with Crippen LogP contribution in [0.3, 0.4) is 0 Å². The Kier molecular flexibility index (Phi) is 4.04. The number of nitrogens with two attached hydrogens (primary N) is 1. The van der Waals surface area contributed by atoms with Gasteiger partial charge in [-0.15, -0.1) is 0 Å². The zero-order valence-electron chi connectivity index (χ0n) is 10.2. The summed E-state index contributed by atoms with van der Waals surface area (Å²) in [6, 6.07) is 0.263. The van der Waals surface area contributed by atoms with E-state index in [1.807, 2.05) is 0 Å². The van der Waals surface area contributed by atoms with Gasteiger partial charge >= 0.3 is 0 Å². The number of ether oxygens (including phenoxy) is 1. The van der Waals surface area contributed by atoms with Crippen molar-refractivity contribution in [1.82, 2.24) is 8.61 Å². The molecule has 0 amide bonds. The molecule has 1 aliphatic carbocycles. The molecule has 1 heterocycles. The van der Waals surface area contributed by atoms with Crippen LogP contribution in [0.5, 0.6) is 0 Å². The summed E-state index contributed by atoms with van der Waals surface area (Å²) in [5.41, 5.74) is 5.70. The van der Waals surface area contributed by atoms with Crippen LogP contribution in [0.2, 0.25) is 0 Å². The molecule has 2 rings (SSSR count). The van der Waals surface area contributed by atoms with Crippen LogP contribution >= 0.6 is 0 Å². The molecule has 100 valence electrons. The third kappa shape index (κ3) is 2.97. The molecule has 17 heavy (non-hydrogen) atoms. The minimum absolute atomic E-state index is 0.263. The van der Waals surface area contributed by atoms with Crippen LogP contribution in [0.25, 0.3) is 0 Å². The number of morpholine rings is 1. The third-order valence-electron chi connectivity index (χ3n) is 3.48. The van der Waals surface area contributed by atoms with Crippen molar-refractivity contribution < 1.29 is 13.2 Å². The fourth-order valence-corrected chi connectivity index (χ4v) is 3.77. The molecule has 1 saturated heterocycles. The molecule has 1 aliphatic heterocycles. The fraction of sp³-hybridized carbons (Fsp3) is 1.00. The Balaban J connectivity index is 1.89. The molecule has 0 aromatic carbocycles. The monoisotopic (exact) mass is 263 g/mol. The van der Waals surface area contributed by atoms with E-state index in [2.05, 4.69) is 0 Å². The zero-order valence-corrected chi connectivity index (χ0v) is 11.0. The normalized spacial score (nSPS) is 31.5. The van der Waals surface area contributed by atoms with E-state index in [0.29, 0.717) is 38.8 Å². The first-order valence-electron chi connectivity index (χ1n) is 6.05. The molecular formula is C10H21N3O3S. The maximum absolute atomic E-state index is 12.2. The summed E-state index contributed by atoms with van der Waals surface area (Å²) in [6.07, 6.45) is 1.87. The molecule has 0 unspecified atom stereocenters. The van der Waals surface area contributed by atoms with Crippen molar-refractivity contribution in [3.63, 3.8) is 0 Å². The van der Waals surface area contributed by atoms with Gasteiger partial charge in [0, 0.05) is 32.7 Å². The molecule has 2 fully saturated rings. The first-order chi connectivity index (χ1) is 8.00. The van der Waals surface area contributed by atoms with Gasteiger partial charge in [-0.25, -0.2) is 0 Å². The molecule has 0 bridgehead atoms. The Labute approximate surface area is 103 Å². The van der Waals surface area contributed by atoms with E-state index >= 15 is 0 Å². The lowest BCUT2D eigenvalue weighted by Gasteiger charge is -2.37. The second-order valence-electron chi connectivity index (χ2n) is 4.90. The summed E-state index contributed by atoms with van der Waals surface area (Å²) < 4.78 is 32.5. The molecule has 2 N–H and O–H groups in total. The van der Waals surface area contributed by atoms with Gasteiger partial charge < -0.3 is 10.5 Å². The molecule has 7 heteroatoms. The van der Waals surface area contributed by atoms with E-state index in [1.165, 1.54) is 8.61 Å². The summed E-state index contributed by atoms with van der Waals surface area (Å²) >= 11 is 0. The smallest absolute Gasteiger partial charge is 0.281 e. The van der Waals surface area contributed by atoms with Crippen molar-refractivity contribution in [2.75, 3.05) is 39.9 Å². The Bertz CT molecular complexity index is 348. The number of rotatable bonds is 4. The standard InChI is InChI=1S/C10H21N3O3S/c1-12(8-9-6-10(11)7-9)17(14,15)13-2-4-16-5-3-13/h9-10H,2-8,11H2,1H3. The zero-order chi connectivity index (χ0) is 12.5. The number of hydrogen-bond acceptors (Lipinski definition) is 4. The predicted octanol–water partition coefficient (Wildman–Crippen LogP) is -0.767. The highest BCUT2D eigenvalue weighted by Gasteiger charge is 2.33. The van der Waals surface area contributed by atoms with Crippen LogP contribution in [0.15, 0.2) is 0 Å². The van der Waals surface area contributed by atoms with E-state index in [1.54, 1.807) is 7.05 Å². The van der Waals surface area contributed by atoms with Crippen LogP contribution in [0.1, 0.15) is 12.8 Å². The quantitative estimate of drug-likeness (QED) is 0.723. The van der Waals surface area contributed by atoms with Gasteiger partial charge in [-0.3, -0.25) is 0 Å². The highest BCUT2D eigenvalue weighted by Crippen LogP contribution is 2.27. The van der Waals surface area contributed by atoms with Crippen molar-refractivity contribution in [2.45, 2.75) is 18.9 Å². The number of nitrogens with zero attached hydrogens (tertiary/aromatic N) is 2. The SMILES string of the molecule is CN(CC1CC(N)C1)S(=O)(=O)N1CCOCC1. The molecule has 0 atom stereocenters. The first kappa shape index (κ1) is 13.2. The average Bonchev–Trinajstić information content (AvgIpc) is 2.28. The van der Waals surface area contributed by atoms with Gasteiger partial charge in [0.2, 0.25) is 0 Å². The maximum Gasteiger partial charge on any atom is 0.281 e. The van der Waals surface area contributed by atoms with E-state index in [4.69, 9.17) is 10.5 Å². The van der Waals surface area contributed by atoms with Crippen LogP contribution in [-0.2, 0) is 14.9 Å². The van der Waals surface area contributed by atoms with Gasteiger partial charge in [0.05, 0.1) is 13.2 Å². The van der Waals surface area contributed by atoms with Crippen LogP contribution in [0.4, 0.5) is 0 Å². The van der Waals surface area contributed by atoms with Crippen molar-refractivity contribution in [3.05, 3.63) is 0 Å². The van der Waals surface area contributed by atoms with E-state index in [-0.39, 0.29) is 6.04 Å². The van der Waals surface area contributed by atoms with Crippen molar-refractivity contribution >= 4 is 10.2 Å². The molecule has 0 radical (unpaired) electrons. The number of hydrogen-bond donors (Lipinski definition) is 1. The van der Waals surface area contributed by atoms with Crippen LogP contribution < -0.4 is 5.73 Å². The highest BCUT2D eigenvalue weighted by molar-refractivity contribution is 7.86. The molecule has 2 aliphatic rings.